The van der Waals surface area contributed by atoms with Crippen molar-refractivity contribution in [3.8, 4) is 17.2 Å². The van der Waals surface area contributed by atoms with Crippen LogP contribution in [0.15, 0.2) is 18.2 Å². The van der Waals surface area contributed by atoms with Gasteiger partial charge in [0.15, 0.2) is 11.5 Å². The van der Waals surface area contributed by atoms with Gasteiger partial charge in [-0.3, -0.25) is 0 Å². The zero-order chi connectivity index (χ0) is 15.6. The number of hydrogen-bond acceptors (Lipinski definition) is 4. The minimum atomic E-state index is -0.163. The fraction of sp³-hybridized carbons (Fsp3) is 0.286. The quantitative estimate of drug-likeness (QED) is 0.602. The van der Waals surface area contributed by atoms with Crippen LogP contribution < -0.4 is 14.2 Å². The van der Waals surface area contributed by atoms with Crippen molar-refractivity contribution in [2.75, 3.05) is 21.3 Å². The van der Waals surface area contributed by atoms with Crippen LogP contribution in [0.3, 0.4) is 0 Å². The second-order valence-corrected chi connectivity index (χ2v) is 7.27. The monoisotopic (exact) mass is 410 g/mol. The topological polar surface area (TPSA) is 27.7 Å². The number of thiophene rings is 1. The number of alkyl halides is 1. The molecule has 0 aliphatic heterocycles. The molecule has 0 N–H and O–H groups in total. The zero-order valence-electron chi connectivity index (χ0n) is 11.6. The molecule has 0 spiro atoms. The van der Waals surface area contributed by atoms with E-state index >= 15 is 0 Å². The lowest BCUT2D eigenvalue weighted by molar-refractivity contribution is 0.322. The van der Waals surface area contributed by atoms with E-state index in [0.717, 1.165) is 11.1 Å². The largest absolute Gasteiger partial charge is 0.493 e. The Kier molecular flexibility index (Phi) is 5.66. The van der Waals surface area contributed by atoms with E-state index in [1.165, 1.54) is 11.3 Å². The van der Waals surface area contributed by atoms with Crippen molar-refractivity contribution in [3.05, 3.63) is 38.0 Å². The first-order valence-corrected chi connectivity index (χ1v) is 8.40. The summed E-state index contributed by atoms with van der Waals surface area (Å²) in [6, 6.07) is 5.57. The Labute approximate surface area is 145 Å². The molecule has 1 unspecified atom stereocenters. The lowest BCUT2D eigenvalue weighted by atomic mass is 10.1. The molecule has 0 aliphatic carbocycles. The summed E-state index contributed by atoms with van der Waals surface area (Å²) in [5.41, 5.74) is 1.77. The smallest absolute Gasteiger partial charge is 0.203 e. The van der Waals surface area contributed by atoms with E-state index in [2.05, 4.69) is 15.9 Å². The van der Waals surface area contributed by atoms with Crippen LogP contribution in [0.4, 0.5) is 0 Å². The Hall–Kier alpha value is -0.620. The van der Waals surface area contributed by atoms with Crippen molar-refractivity contribution in [1.82, 2.24) is 0 Å². The van der Waals surface area contributed by atoms with Gasteiger partial charge in [0.25, 0.3) is 0 Å². The van der Waals surface area contributed by atoms with Gasteiger partial charge in [-0.25, -0.2) is 0 Å². The van der Waals surface area contributed by atoms with E-state index in [-0.39, 0.29) is 4.83 Å². The molecule has 2 aromatic rings. The Morgan fingerprint density at radius 3 is 2.14 bits per heavy atom. The standard InChI is InChI=1S/C14H13BrCl2O3S/c1-18-9-5-4-7(12(19-2)13(9)20-3)11(15)8-6-10(16)21-14(8)17/h4-6,11H,1-3H3. The van der Waals surface area contributed by atoms with Crippen LogP contribution in [0.25, 0.3) is 0 Å². The molecule has 0 fully saturated rings. The van der Waals surface area contributed by atoms with Crippen LogP contribution in [0.2, 0.25) is 8.67 Å². The second-order valence-electron chi connectivity index (χ2n) is 4.07. The van der Waals surface area contributed by atoms with Gasteiger partial charge in [0.05, 0.1) is 34.8 Å². The highest BCUT2D eigenvalue weighted by molar-refractivity contribution is 9.09. The highest BCUT2D eigenvalue weighted by Crippen LogP contribution is 2.48. The molecule has 1 atom stereocenters. The number of benzene rings is 1. The molecule has 1 heterocycles. The van der Waals surface area contributed by atoms with Gasteiger partial charge >= 0.3 is 0 Å². The lowest BCUT2D eigenvalue weighted by Crippen LogP contribution is -2.01. The first-order valence-electron chi connectivity index (χ1n) is 5.91. The van der Waals surface area contributed by atoms with Gasteiger partial charge in [-0.1, -0.05) is 39.1 Å². The summed E-state index contributed by atoms with van der Waals surface area (Å²) in [6.45, 7) is 0. The summed E-state index contributed by atoms with van der Waals surface area (Å²) in [5, 5.41) is 0. The molecule has 0 radical (unpaired) electrons. The van der Waals surface area contributed by atoms with Crippen LogP contribution in [0.1, 0.15) is 16.0 Å². The summed E-state index contributed by atoms with van der Waals surface area (Å²) in [6.07, 6.45) is 0. The second kappa shape index (κ2) is 7.09. The fourth-order valence-corrected chi connectivity index (χ4v) is 4.55. The minimum Gasteiger partial charge on any atom is -0.493 e. The number of rotatable bonds is 5. The molecular weight excluding hydrogens is 399 g/mol. The maximum absolute atomic E-state index is 6.22. The van der Waals surface area contributed by atoms with Gasteiger partial charge in [-0.05, 0) is 18.2 Å². The Bertz CT molecular complexity index is 645. The third-order valence-electron chi connectivity index (χ3n) is 2.96. The van der Waals surface area contributed by atoms with Crippen LogP contribution in [-0.2, 0) is 0 Å². The van der Waals surface area contributed by atoms with Gasteiger partial charge in [-0.2, -0.15) is 0 Å². The average Bonchev–Trinajstić information content (AvgIpc) is 2.83. The van der Waals surface area contributed by atoms with Gasteiger partial charge in [0, 0.05) is 11.1 Å². The van der Waals surface area contributed by atoms with Crippen molar-refractivity contribution in [1.29, 1.82) is 0 Å². The number of hydrogen-bond donors (Lipinski definition) is 0. The molecule has 0 bridgehead atoms. The zero-order valence-corrected chi connectivity index (χ0v) is 15.5. The molecule has 0 saturated heterocycles. The molecule has 0 amide bonds. The third kappa shape index (κ3) is 3.26. The summed E-state index contributed by atoms with van der Waals surface area (Å²) in [7, 11) is 4.74. The molecular formula is C14H13BrCl2O3S. The first kappa shape index (κ1) is 16.7. The molecule has 0 aliphatic rings. The summed E-state index contributed by atoms with van der Waals surface area (Å²) in [4.78, 5) is -0.163. The van der Waals surface area contributed by atoms with Crippen molar-refractivity contribution >= 4 is 50.5 Å². The van der Waals surface area contributed by atoms with E-state index in [4.69, 9.17) is 37.4 Å². The number of methoxy groups -OCH3 is 3. The van der Waals surface area contributed by atoms with E-state index in [1.54, 1.807) is 21.3 Å². The SMILES string of the molecule is COc1ccc(C(Br)c2cc(Cl)sc2Cl)c(OC)c1OC. The average molecular weight is 412 g/mol. The molecule has 7 heteroatoms. The van der Waals surface area contributed by atoms with Gasteiger partial charge in [0.1, 0.15) is 0 Å². The maximum atomic E-state index is 6.22. The molecule has 0 saturated carbocycles. The Morgan fingerprint density at radius 1 is 1.00 bits per heavy atom. The van der Waals surface area contributed by atoms with Crippen LogP contribution >= 0.6 is 50.5 Å². The van der Waals surface area contributed by atoms with Gasteiger partial charge in [-0.15, -0.1) is 11.3 Å². The van der Waals surface area contributed by atoms with E-state index < -0.39 is 0 Å². The van der Waals surface area contributed by atoms with Crippen molar-refractivity contribution in [2.45, 2.75) is 4.83 Å². The molecule has 2 rings (SSSR count). The summed E-state index contributed by atoms with van der Waals surface area (Å²) >= 11 is 17.2. The van der Waals surface area contributed by atoms with Gasteiger partial charge < -0.3 is 14.2 Å². The van der Waals surface area contributed by atoms with Crippen LogP contribution in [-0.4, -0.2) is 21.3 Å². The first-order chi connectivity index (χ1) is 10.0. The number of ether oxygens (including phenoxy) is 3. The molecule has 1 aromatic carbocycles. The fourth-order valence-electron chi connectivity index (χ4n) is 2.02. The predicted octanol–water partition coefficient (Wildman–Crippen LogP) is 5.57. The van der Waals surface area contributed by atoms with Crippen LogP contribution in [0, 0.1) is 0 Å². The van der Waals surface area contributed by atoms with E-state index in [9.17, 15) is 0 Å². The van der Waals surface area contributed by atoms with E-state index in [0.29, 0.717) is 25.9 Å². The number of halogens is 3. The minimum absolute atomic E-state index is 0.163. The molecule has 1 aromatic heterocycles. The summed E-state index contributed by atoms with van der Waals surface area (Å²) < 4.78 is 17.4. The molecule has 21 heavy (non-hydrogen) atoms. The molecule has 3 nitrogen and oxygen atoms in total. The molecule has 114 valence electrons. The summed E-state index contributed by atoms with van der Waals surface area (Å²) in [5.74, 6) is 1.74. The Morgan fingerprint density at radius 2 is 1.67 bits per heavy atom. The van der Waals surface area contributed by atoms with Gasteiger partial charge in [0.2, 0.25) is 5.75 Å². The van der Waals surface area contributed by atoms with E-state index in [1.807, 2.05) is 18.2 Å². The van der Waals surface area contributed by atoms with Crippen molar-refractivity contribution in [3.63, 3.8) is 0 Å². The highest BCUT2D eigenvalue weighted by Gasteiger charge is 2.24. The lowest BCUT2D eigenvalue weighted by Gasteiger charge is -2.18. The highest BCUT2D eigenvalue weighted by atomic mass is 79.9. The van der Waals surface area contributed by atoms with Crippen molar-refractivity contribution < 1.29 is 14.2 Å². The van der Waals surface area contributed by atoms with Crippen molar-refractivity contribution in [2.24, 2.45) is 0 Å². The maximum Gasteiger partial charge on any atom is 0.203 e. The predicted molar refractivity (Wildman–Crippen MR) is 91.2 cm³/mol. The normalized spacial score (nSPS) is 12.1. The third-order valence-corrected chi connectivity index (χ3v) is 5.47. The van der Waals surface area contributed by atoms with Crippen LogP contribution in [0.5, 0.6) is 17.2 Å². The Balaban J connectivity index is 2.55.